The lowest BCUT2D eigenvalue weighted by Gasteiger charge is -2.31. The van der Waals surface area contributed by atoms with E-state index in [2.05, 4.69) is 17.1 Å². The molecule has 0 spiro atoms. The smallest absolute Gasteiger partial charge is 0.0491 e. The van der Waals surface area contributed by atoms with Crippen LogP contribution in [-0.2, 0) is 4.74 Å². The maximum Gasteiger partial charge on any atom is 0.0491 e. The molecule has 0 amide bonds. The molecule has 3 heteroatoms. The molecule has 0 atom stereocenters. The number of hydrogen-bond acceptors (Lipinski definition) is 3. The van der Waals surface area contributed by atoms with E-state index in [9.17, 15) is 0 Å². The summed E-state index contributed by atoms with van der Waals surface area (Å²) in [6.45, 7) is 9.29. The molecule has 0 aliphatic carbocycles. The second kappa shape index (κ2) is 10.8. The van der Waals surface area contributed by atoms with Gasteiger partial charge in [0.15, 0.2) is 0 Å². The van der Waals surface area contributed by atoms with Crippen molar-refractivity contribution in [3.05, 3.63) is 0 Å². The van der Waals surface area contributed by atoms with Crippen molar-refractivity contribution in [1.82, 2.24) is 10.2 Å². The third-order valence-electron chi connectivity index (χ3n) is 3.92. The number of methoxy groups -OCH3 is 1. The standard InChI is InChI=1S/C15H32N2O/c1-3-4-5-6-9-16-10-13-17-11-7-15(8-12-17)14-18-2/h15-16H,3-14H2,1-2H3. The van der Waals surface area contributed by atoms with Crippen molar-refractivity contribution >= 4 is 0 Å². The van der Waals surface area contributed by atoms with Gasteiger partial charge in [0, 0.05) is 26.8 Å². The second-order valence-electron chi connectivity index (χ2n) is 5.55. The monoisotopic (exact) mass is 256 g/mol. The zero-order valence-electron chi connectivity index (χ0n) is 12.4. The molecule has 0 aromatic heterocycles. The molecule has 0 bridgehead atoms. The van der Waals surface area contributed by atoms with Gasteiger partial charge in [-0.2, -0.15) is 0 Å². The van der Waals surface area contributed by atoms with Gasteiger partial charge in [-0.25, -0.2) is 0 Å². The normalized spacial score (nSPS) is 18.3. The summed E-state index contributed by atoms with van der Waals surface area (Å²) in [6, 6.07) is 0. The molecule has 0 aromatic rings. The summed E-state index contributed by atoms with van der Waals surface area (Å²) in [6.07, 6.45) is 8.05. The van der Waals surface area contributed by atoms with E-state index in [1.54, 1.807) is 0 Å². The molecule has 1 heterocycles. The fraction of sp³-hybridized carbons (Fsp3) is 1.00. The second-order valence-corrected chi connectivity index (χ2v) is 5.55. The van der Waals surface area contributed by atoms with Gasteiger partial charge in [-0.1, -0.05) is 26.2 Å². The average Bonchev–Trinajstić information content (AvgIpc) is 2.40. The molecule has 0 radical (unpaired) electrons. The summed E-state index contributed by atoms with van der Waals surface area (Å²) in [5, 5.41) is 3.56. The lowest BCUT2D eigenvalue weighted by atomic mass is 9.98. The van der Waals surface area contributed by atoms with Gasteiger partial charge in [-0.05, 0) is 44.8 Å². The van der Waals surface area contributed by atoms with Crippen molar-refractivity contribution in [3.63, 3.8) is 0 Å². The van der Waals surface area contributed by atoms with Crippen LogP contribution in [0.1, 0.15) is 45.4 Å². The van der Waals surface area contributed by atoms with Gasteiger partial charge >= 0.3 is 0 Å². The Labute approximate surface area is 113 Å². The Morgan fingerprint density at radius 1 is 1.11 bits per heavy atom. The van der Waals surface area contributed by atoms with E-state index in [0.29, 0.717) is 0 Å². The lowest BCUT2D eigenvalue weighted by Crippen LogP contribution is -2.39. The predicted octanol–water partition coefficient (Wildman–Crippen LogP) is 2.51. The number of likely N-dealkylation sites (tertiary alicyclic amines) is 1. The van der Waals surface area contributed by atoms with Crippen LogP contribution in [0, 0.1) is 5.92 Å². The molecule has 1 saturated heterocycles. The van der Waals surface area contributed by atoms with Crippen LogP contribution in [-0.4, -0.2) is 51.3 Å². The van der Waals surface area contributed by atoms with Crippen molar-refractivity contribution < 1.29 is 4.74 Å². The van der Waals surface area contributed by atoms with Crippen LogP contribution >= 0.6 is 0 Å². The van der Waals surface area contributed by atoms with Gasteiger partial charge in [0.25, 0.3) is 0 Å². The lowest BCUT2D eigenvalue weighted by molar-refractivity contribution is 0.0999. The predicted molar refractivity (Wildman–Crippen MR) is 78.1 cm³/mol. The van der Waals surface area contributed by atoms with Crippen molar-refractivity contribution in [3.8, 4) is 0 Å². The summed E-state index contributed by atoms with van der Waals surface area (Å²) in [5.41, 5.74) is 0. The summed E-state index contributed by atoms with van der Waals surface area (Å²) < 4.78 is 5.23. The zero-order chi connectivity index (χ0) is 13.1. The summed E-state index contributed by atoms with van der Waals surface area (Å²) in [4.78, 5) is 2.59. The van der Waals surface area contributed by atoms with Crippen molar-refractivity contribution in [2.45, 2.75) is 45.4 Å². The van der Waals surface area contributed by atoms with Crippen molar-refractivity contribution in [2.75, 3.05) is 46.4 Å². The SMILES string of the molecule is CCCCCCNCCN1CCC(COC)CC1. The van der Waals surface area contributed by atoms with E-state index < -0.39 is 0 Å². The Hall–Kier alpha value is -0.120. The first-order chi connectivity index (χ1) is 8.86. The van der Waals surface area contributed by atoms with E-state index in [0.717, 1.165) is 19.1 Å². The van der Waals surface area contributed by atoms with E-state index >= 15 is 0 Å². The van der Waals surface area contributed by atoms with Gasteiger partial charge in [0.05, 0.1) is 0 Å². The Morgan fingerprint density at radius 2 is 1.89 bits per heavy atom. The largest absolute Gasteiger partial charge is 0.384 e. The van der Waals surface area contributed by atoms with Crippen LogP contribution in [0.3, 0.4) is 0 Å². The maximum atomic E-state index is 5.23. The molecule has 1 rings (SSSR count). The highest BCUT2D eigenvalue weighted by Crippen LogP contribution is 2.16. The van der Waals surface area contributed by atoms with Crippen LogP contribution in [0.2, 0.25) is 0 Å². The number of unbranched alkanes of at least 4 members (excludes halogenated alkanes) is 3. The number of rotatable bonds is 10. The molecule has 108 valence electrons. The van der Waals surface area contributed by atoms with Gasteiger partial charge in [-0.15, -0.1) is 0 Å². The van der Waals surface area contributed by atoms with Crippen LogP contribution in [0.25, 0.3) is 0 Å². The zero-order valence-corrected chi connectivity index (χ0v) is 12.4. The van der Waals surface area contributed by atoms with Crippen LogP contribution < -0.4 is 5.32 Å². The number of piperidine rings is 1. The molecule has 18 heavy (non-hydrogen) atoms. The molecule has 0 saturated carbocycles. The fourth-order valence-corrected chi connectivity index (χ4v) is 2.65. The molecule has 0 aromatic carbocycles. The molecule has 1 N–H and O–H groups in total. The molecular formula is C15H32N2O. The quantitative estimate of drug-likeness (QED) is 0.608. The topological polar surface area (TPSA) is 24.5 Å². The molecular weight excluding hydrogens is 224 g/mol. The Kier molecular flexibility index (Phi) is 9.54. The van der Waals surface area contributed by atoms with E-state index in [4.69, 9.17) is 4.74 Å². The number of nitrogens with one attached hydrogen (secondary N) is 1. The summed E-state index contributed by atoms with van der Waals surface area (Å²) >= 11 is 0. The first kappa shape index (κ1) is 15.9. The highest BCUT2D eigenvalue weighted by Gasteiger charge is 2.18. The first-order valence-corrected chi connectivity index (χ1v) is 7.78. The van der Waals surface area contributed by atoms with Gasteiger partial charge in [0.2, 0.25) is 0 Å². The highest BCUT2D eigenvalue weighted by atomic mass is 16.5. The van der Waals surface area contributed by atoms with Crippen LogP contribution in [0.5, 0.6) is 0 Å². The van der Waals surface area contributed by atoms with Crippen molar-refractivity contribution in [1.29, 1.82) is 0 Å². The van der Waals surface area contributed by atoms with Crippen LogP contribution in [0.15, 0.2) is 0 Å². The molecule has 1 fully saturated rings. The summed E-state index contributed by atoms with van der Waals surface area (Å²) in [7, 11) is 1.81. The van der Waals surface area contributed by atoms with Gasteiger partial charge in [0.1, 0.15) is 0 Å². The van der Waals surface area contributed by atoms with E-state index in [1.165, 1.54) is 64.7 Å². The minimum Gasteiger partial charge on any atom is -0.384 e. The fourth-order valence-electron chi connectivity index (χ4n) is 2.65. The minimum absolute atomic E-state index is 0.799. The highest BCUT2D eigenvalue weighted by molar-refractivity contribution is 4.72. The minimum atomic E-state index is 0.799. The summed E-state index contributed by atoms with van der Waals surface area (Å²) in [5.74, 6) is 0.799. The average molecular weight is 256 g/mol. The third-order valence-corrected chi connectivity index (χ3v) is 3.92. The van der Waals surface area contributed by atoms with Gasteiger partial charge in [-0.3, -0.25) is 0 Å². The molecule has 3 nitrogen and oxygen atoms in total. The maximum absolute atomic E-state index is 5.23. The number of ether oxygens (including phenoxy) is 1. The van der Waals surface area contributed by atoms with Crippen LogP contribution in [0.4, 0.5) is 0 Å². The molecule has 1 aliphatic rings. The number of nitrogens with zero attached hydrogens (tertiary/aromatic N) is 1. The molecule has 1 aliphatic heterocycles. The van der Waals surface area contributed by atoms with Crippen molar-refractivity contribution in [2.24, 2.45) is 5.92 Å². The third kappa shape index (κ3) is 7.34. The Morgan fingerprint density at radius 3 is 2.56 bits per heavy atom. The van der Waals surface area contributed by atoms with Gasteiger partial charge < -0.3 is 15.0 Å². The molecule has 0 unspecified atom stereocenters. The first-order valence-electron chi connectivity index (χ1n) is 7.78. The Balaban J connectivity index is 1.88. The van der Waals surface area contributed by atoms with E-state index in [-0.39, 0.29) is 0 Å². The van der Waals surface area contributed by atoms with E-state index in [1.807, 2.05) is 7.11 Å². The number of hydrogen-bond donors (Lipinski definition) is 1. The Bertz CT molecular complexity index is 179.